The number of anilines is 1. The first-order valence-electron chi connectivity index (χ1n) is 7.86. The molecule has 5 heteroatoms. The van der Waals surface area contributed by atoms with Gasteiger partial charge in [0.05, 0.1) is 17.6 Å². The number of rotatable bonds is 4. The van der Waals surface area contributed by atoms with Gasteiger partial charge in [0.1, 0.15) is 5.69 Å². The molecule has 0 aliphatic carbocycles. The molecule has 3 aromatic rings. The Balaban J connectivity index is 1.85. The van der Waals surface area contributed by atoms with E-state index >= 15 is 0 Å². The first-order valence-corrected chi connectivity index (χ1v) is 7.86. The highest BCUT2D eigenvalue weighted by atomic mass is 16.2. The van der Waals surface area contributed by atoms with Gasteiger partial charge in [0.15, 0.2) is 5.78 Å². The van der Waals surface area contributed by atoms with Crippen LogP contribution < -0.4 is 5.32 Å². The number of aromatic nitrogens is 2. The summed E-state index contributed by atoms with van der Waals surface area (Å²) < 4.78 is 0. The Morgan fingerprint density at radius 2 is 1.64 bits per heavy atom. The molecule has 0 fully saturated rings. The molecule has 0 spiro atoms. The van der Waals surface area contributed by atoms with Gasteiger partial charge >= 0.3 is 0 Å². The maximum absolute atomic E-state index is 12.6. The third-order valence-corrected chi connectivity index (χ3v) is 3.79. The summed E-state index contributed by atoms with van der Waals surface area (Å²) in [5.74, 6) is -0.353. The normalized spacial score (nSPS) is 10.3. The number of benzene rings is 2. The van der Waals surface area contributed by atoms with Crippen molar-refractivity contribution in [3.63, 3.8) is 0 Å². The number of hydrogen-bond acceptors (Lipinski definition) is 4. The van der Waals surface area contributed by atoms with E-state index in [0.717, 1.165) is 5.56 Å². The Labute approximate surface area is 145 Å². The van der Waals surface area contributed by atoms with Crippen molar-refractivity contribution in [2.24, 2.45) is 0 Å². The SMILES string of the molecule is CC(=O)c1ccc(NC(=O)c2nc(-c3ccccc3)cnc2C)cc1. The number of ketones is 1. The van der Waals surface area contributed by atoms with Gasteiger partial charge in [-0.2, -0.15) is 0 Å². The third-order valence-electron chi connectivity index (χ3n) is 3.79. The number of carbonyl (C=O) groups excluding carboxylic acids is 2. The van der Waals surface area contributed by atoms with Gasteiger partial charge in [-0.05, 0) is 38.1 Å². The molecule has 1 aromatic heterocycles. The molecule has 0 aliphatic heterocycles. The molecule has 5 nitrogen and oxygen atoms in total. The van der Waals surface area contributed by atoms with Crippen LogP contribution in [0.15, 0.2) is 60.8 Å². The highest BCUT2D eigenvalue weighted by Gasteiger charge is 2.14. The Morgan fingerprint density at radius 1 is 0.960 bits per heavy atom. The fourth-order valence-electron chi connectivity index (χ4n) is 2.39. The second-order valence-electron chi connectivity index (χ2n) is 5.64. The highest BCUT2D eigenvalue weighted by Crippen LogP contribution is 2.18. The van der Waals surface area contributed by atoms with Crippen LogP contribution in [-0.4, -0.2) is 21.7 Å². The summed E-state index contributed by atoms with van der Waals surface area (Å²) in [4.78, 5) is 32.6. The molecule has 0 unspecified atom stereocenters. The van der Waals surface area contributed by atoms with E-state index in [0.29, 0.717) is 22.6 Å². The Morgan fingerprint density at radius 3 is 2.28 bits per heavy atom. The molecule has 0 radical (unpaired) electrons. The van der Waals surface area contributed by atoms with Crippen molar-refractivity contribution in [2.75, 3.05) is 5.32 Å². The van der Waals surface area contributed by atoms with Gasteiger partial charge in [-0.25, -0.2) is 4.98 Å². The molecular weight excluding hydrogens is 314 g/mol. The lowest BCUT2D eigenvalue weighted by Gasteiger charge is -2.09. The summed E-state index contributed by atoms with van der Waals surface area (Å²) in [7, 11) is 0. The molecule has 0 aliphatic rings. The lowest BCUT2D eigenvalue weighted by atomic mass is 10.1. The molecule has 0 saturated carbocycles. The predicted octanol–water partition coefficient (Wildman–Crippen LogP) is 3.91. The molecule has 2 aromatic carbocycles. The summed E-state index contributed by atoms with van der Waals surface area (Å²) in [6.07, 6.45) is 1.66. The van der Waals surface area contributed by atoms with Crippen LogP contribution >= 0.6 is 0 Å². The van der Waals surface area contributed by atoms with Crippen LogP contribution in [0.2, 0.25) is 0 Å². The maximum Gasteiger partial charge on any atom is 0.276 e. The second-order valence-corrected chi connectivity index (χ2v) is 5.64. The molecular formula is C20H17N3O2. The molecule has 1 heterocycles. The van der Waals surface area contributed by atoms with E-state index in [1.165, 1.54) is 6.92 Å². The molecule has 0 atom stereocenters. The Hall–Kier alpha value is -3.34. The average Bonchev–Trinajstić information content (AvgIpc) is 2.63. The van der Waals surface area contributed by atoms with E-state index in [9.17, 15) is 9.59 Å². The van der Waals surface area contributed by atoms with Gasteiger partial charge in [0.2, 0.25) is 0 Å². The maximum atomic E-state index is 12.6. The van der Waals surface area contributed by atoms with Crippen LogP contribution in [0.3, 0.4) is 0 Å². The summed E-state index contributed by atoms with van der Waals surface area (Å²) in [6.45, 7) is 3.25. The molecule has 1 amide bonds. The average molecular weight is 331 g/mol. The largest absolute Gasteiger partial charge is 0.321 e. The van der Waals surface area contributed by atoms with Gasteiger partial charge in [-0.15, -0.1) is 0 Å². The van der Waals surface area contributed by atoms with E-state index in [-0.39, 0.29) is 17.4 Å². The fourth-order valence-corrected chi connectivity index (χ4v) is 2.39. The lowest BCUT2D eigenvalue weighted by Crippen LogP contribution is -2.16. The van der Waals surface area contributed by atoms with E-state index in [2.05, 4.69) is 15.3 Å². The Bertz CT molecular complexity index is 919. The smallest absolute Gasteiger partial charge is 0.276 e. The zero-order chi connectivity index (χ0) is 17.8. The number of hydrogen-bond donors (Lipinski definition) is 1. The van der Waals surface area contributed by atoms with Crippen LogP contribution in [0.5, 0.6) is 0 Å². The first-order chi connectivity index (χ1) is 12.0. The van der Waals surface area contributed by atoms with Crippen LogP contribution in [0.1, 0.15) is 33.5 Å². The van der Waals surface area contributed by atoms with Crippen LogP contribution in [-0.2, 0) is 0 Å². The number of nitrogens with zero attached hydrogens (tertiary/aromatic N) is 2. The fraction of sp³-hybridized carbons (Fsp3) is 0.100. The minimum Gasteiger partial charge on any atom is -0.321 e. The zero-order valence-electron chi connectivity index (χ0n) is 14.0. The van der Waals surface area contributed by atoms with E-state index in [1.54, 1.807) is 37.4 Å². The van der Waals surface area contributed by atoms with Crippen molar-refractivity contribution in [3.05, 3.63) is 77.7 Å². The minimum absolute atomic E-state index is 0.0184. The van der Waals surface area contributed by atoms with Gasteiger partial charge in [-0.1, -0.05) is 30.3 Å². The molecule has 3 rings (SSSR count). The Kier molecular flexibility index (Phi) is 4.66. The summed E-state index contributed by atoms with van der Waals surface area (Å²) in [5.41, 5.74) is 3.56. The molecule has 25 heavy (non-hydrogen) atoms. The number of aryl methyl sites for hydroxylation is 1. The van der Waals surface area contributed by atoms with E-state index in [1.807, 2.05) is 30.3 Å². The second kappa shape index (κ2) is 7.05. The summed E-state index contributed by atoms with van der Waals surface area (Å²) >= 11 is 0. The molecule has 0 bridgehead atoms. The zero-order valence-corrected chi connectivity index (χ0v) is 14.0. The van der Waals surface area contributed by atoms with Gasteiger partial charge in [0, 0.05) is 16.8 Å². The standard InChI is InChI=1S/C20H17N3O2/c1-13-19(23-18(12-21-13)16-6-4-3-5-7-16)20(25)22-17-10-8-15(9-11-17)14(2)24/h3-12H,1-2H3,(H,22,25). The van der Waals surface area contributed by atoms with Crippen molar-refractivity contribution in [3.8, 4) is 11.3 Å². The van der Waals surface area contributed by atoms with Crippen molar-refractivity contribution in [1.29, 1.82) is 0 Å². The third kappa shape index (κ3) is 3.77. The number of carbonyl (C=O) groups is 2. The number of amides is 1. The van der Waals surface area contributed by atoms with Crippen LogP contribution in [0.4, 0.5) is 5.69 Å². The van der Waals surface area contributed by atoms with Crippen molar-refractivity contribution in [2.45, 2.75) is 13.8 Å². The van der Waals surface area contributed by atoms with Crippen molar-refractivity contribution in [1.82, 2.24) is 9.97 Å². The molecule has 124 valence electrons. The van der Waals surface area contributed by atoms with Crippen molar-refractivity contribution < 1.29 is 9.59 Å². The quantitative estimate of drug-likeness (QED) is 0.736. The van der Waals surface area contributed by atoms with E-state index in [4.69, 9.17) is 0 Å². The first kappa shape index (κ1) is 16.5. The highest BCUT2D eigenvalue weighted by molar-refractivity contribution is 6.04. The summed E-state index contributed by atoms with van der Waals surface area (Å²) in [6, 6.07) is 16.3. The monoisotopic (exact) mass is 331 g/mol. The number of nitrogens with one attached hydrogen (secondary N) is 1. The van der Waals surface area contributed by atoms with E-state index < -0.39 is 0 Å². The van der Waals surface area contributed by atoms with Gasteiger partial charge < -0.3 is 5.32 Å². The van der Waals surface area contributed by atoms with Gasteiger partial charge in [-0.3, -0.25) is 14.6 Å². The molecule has 0 saturated heterocycles. The minimum atomic E-state index is -0.335. The number of Topliss-reactive ketones (excluding diaryl/α,β-unsaturated/α-hetero) is 1. The van der Waals surface area contributed by atoms with Crippen LogP contribution in [0.25, 0.3) is 11.3 Å². The van der Waals surface area contributed by atoms with Gasteiger partial charge in [0.25, 0.3) is 5.91 Å². The van der Waals surface area contributed by atoms with Crippen LogP contribution in [0, 0.1) is 6.92 Å². The predicted molar refractivity (Wildman–Crippen MR) is 96.6 cm³/mol. The lowest BCUT2D eigenvalue weighted by molar-refractivity contribution is 0.101. The summed E-state index contributed by atoms with van der Waals surface area (Å²) in [5, 5.41) is 2.79. The van der Waals surface area contributed by atoms with Crippen molar-refractivity contribution >= 4 is 17.4 Å². The topological polar surface area (TPSA) is 72.0 Å². The molecule has 1 N–H and O–H groups in total.